The maximum atomic E-state index is 12.1. The third-order valence-corrected chi connectivity index (χ3v) is 3.98. The predicted octanol–water partition coefficient (Wildman–Crippen LogP) is -0.428. The SMILES string of the molecule is CCCNS(=O)(=O)NC1=C(c2ccc(O)cc2)C(=O)NCN1. The van der Waals surface area contributed by atoms with Crippen LogP contribution in [0.25, 0.3) is 5.57 Å². The summed E-state index contributed by atoms with van der Waals surface area (Å²) < 4.78 is 28.6. The molecule has 120 valence electrons. The Hall–Kier alpha value is -2.26. The van der Waals surface area contributed by atoms with E-state index in [9.17, 15) is 18.3 Å². The molecule has 2 rings (SSSR count). The summed E-state index contributed by atoms with van der Waals surface area (Å²) in [6.45, 7) is 2.26. The summed E-state index contributed by atoms with van der Waals surface area (Å²) in [5.74, 6) is -0.254. The normalized spacial score (nSPS) is 15.2. The zero-order valence-corrected chi connectivity index (χ0v) is 12.8. The number of benzene rings is 1. The Labute approximate surface area is 128 Å². The Bertz CT molecular complexity index is 682. The molecule has 0 spiro atoms. The van der Waals surface area contributed by atoms with Gasteiger partial charge in [0.15, 0.2) is 0 Å². The average molecular weight is 326 g/mol. The summed E-state index contributed by atoms with van der Waals surface area (Å²) >= 11 is 0. The highest BCUT2D eigenvalue weighted by Crippen LogP contribution is 2.21. The topological polar surface area (TPSA) is 120 Å². The molecule has 1 heterocycles. The second-order valence-corrected chi connectivity index (χ2v) is 6.16. The molecule has 1 aliphatic rings. The quantitative estimate of drug-likeness (QED) is 0.486. The summed E-state index contributed by atoms with van der Waals surface area (Å²) in [5, 5.41) is 14.7. The summed E-state index contributed by atoms with van der Waals surface area (Å²) in [7, 11) is -3.77. The summed E-state index contributed by atoms with van der Waals surface area (Å²) in [5.41, 5.74) is 0.642. The van der Waals surface area contributed by atoms with Crippen molar-refractivity contribution in [1.82, 2.24) is 20.1 Å². The predicted molar refractivity (Wildman–Crippen MR) is 81.5 cm³/mol. The zero-order chi connectivity index (χ0) is 16.2. The molecule has 0 aliphatic carbocycles. The van der Waals surface area contributed by atoms with E-state index in [4.69, 9.17) is 0 Å². The minimum absolute atomic E-state index is 0.0558. The van der Waals surface area contributed by atoms with Crippen LogP contribution in [-0.2, 0) is 15.0 Å². The number of phenols is 1. The van der Waals surface area contributed by atoms with Gasteiger partial charge in [-0.25, -0.2) is 0 Å². The van der Waals surface area contributed by atoms with Crippen LogP contribution in [-0.4, -0.2) is 32.6 Å². The Morgan fingerprint density at radius 3 is 2.55 bits per heavy atom. The van der Waals surface area contributed by atoms with Crippen LogP contribution in [0, 0.1) is 0 Å². The molecule has 0 saturated heterocycles. The minimum Gasteiger partial charge on any atom is -0.508 e. The highest BCUT2D eigenvalue weighted by Gasteiger charge is 2.24. The van der Waals surface area contributed by atoms with Crippen LogP contribution in [0.4, 0.5) is 0 Å². The molecule has 0 unspecified atom stereocenters. The van der Waals surface area contributed by atoms with Gasteiger partial charge in [-0.3, -0.25) is 9.52 Å². The van der Waals surface area contributed by atoms with E-state index in [1.54, 1.807) is 0 Å². The fourth-order valence-corrected chi connectivity index (χ4v) is 2.89. The van der Waals surface area contributed by atoms with Crippen molar-refractivity contribution in [1.29, 1.82) is 0 Å². The molecule has 0 aromatic heterocycles. The summed E-state index contributed by atoms with van der Waals surface area (Å²) in [4.78, 5) is 12.1. The van der Waals surface area contributed by atoms with Crippen LogP contribution in [0.1, 0.15) is 18.9 Å². The number of carbonyl (C=O) groups is 1. The van der Waals surface area contributed by atoms with Crippen molar-refractivity contribution in [2.45, 2.75) is 13.3 Å². The van der Waals surface area contributed by atoms with Crippen molar-refractivity contribution in [3.05, 3.63) is 35.6 Å². The van der Waals surface area contributed by atoms with Gasteiger partial charge in [0, 0.05) is 6.54 Å². The third-order valence-electron chi connectivity index (χ3n) is 2.93. The summed E-state index contributed by atoms with van der Waals surface area (Å²) in [6.07, 6.45) is 0.651. The van der Waals surface area contributed by atoms with E-state index in [0.29, 0.717) is 18.5 Å². The van der Waals surface area contributed by atoms with Crippen LogP contribution in [0.5, 0.6) is 5.75 Å². The molecule has 0 bridgehead atoms. The van der Waals surface area contributed by atoms with E-state index < -0.39 is 16.1 Å². The van der Waals surface area contributed by atoms with Gasteiger partial charge in [-0.05, 0) is 24.1 Å². The molecule has 0 radical (unpaired) electrons. The largest absolute Gasteiger partial charge is 0.508 e. The smallest absolute Gasteiger partial charge is 0.300 e. The van der Waals surface area contributed by atoms with E-state index in [0.717, 1.165) is 0 Å². The first-order valence-corrected chi connectivity index (χ1v) is 8.24. The Balaban J connectivity index is 2.36. The number of amides is 1. The van der Waals surface area contributed by atoms with Gasteiger partial charge in [0.2, 0.25) is 0 Å². The number of nitrogens with one attached hydrogen (secondary N) is 4. The molecule has 0 atom stereocenters. The molecule has 0 fully saturated rings. The molecule has 1 aliphatic heterocycles. The van der Waals surface area contributed by atoms with Crippen molar-refractivity contribution in [3.8, 4) is 5.75 Å². The lowest BCUT2D eigenvalue weighted by Gasteiger charge is -2.23. The molecular formula is C13H18N4O4S. The number of hydrogen-bond acceptors (Lipinski definition) is 5. The number of aromatic hydroxyl groups is 1. The van der Waals surface area contributed by atoms with Gasteiger partial charge in [-0.1, -0.05) is 19.1 Å². The van der Waals surface area contributed by atoms with Crippen LogP contribution in [0.3, 0.4) is 0 Å². The fraction of sp³-hybridized carbons (Fsp3) is 0.308. The second kappa shape index (κ2) is 6.67. The van der Waals surface area contributed by atoms with Crippen molar-refractivity contribution >= 4 is 21.7 Å². The monoisotopic (exact) mass is 326 g/mol. The Morgan fingerprint density at radius 2 is 1.91 bits per heavy atom. The van der Waals surface area contributed by atoms with Crippen LogP contribution in [0.2, 0.25) is 0 Å². The van der Waals surface area contributed by atoms with Gasteiger partial charge in [-0.2, -0.15) is 13.1 Å². The second-order valence-electron chi connectivity index (χ2n) is 4.66. The van der Waals surface area contributed by atoms with E-state index in [1.165, 1.54) is 24.3 Å². The minimum atomic E-state index is -3.77. The van der Waals surface area contributed by atoms with E-state index in [-0.39, 0.29) is 23.8 Å². The number of carbonyl (C=O) groups excluding carboxylic acids is 1. The van der Waals surface area contributed by atoms with Crippen LogP contribution < -0.4 is 20.1 Å². The lowest BCUT2D eigenvalue weighted by atomic mass is 10.0. The molecule has 0 saturated carbocycles. The molecule has 8 nitrogen and oxygen atoms in total. The molecule has 1 aromatic rings. The summed E-state index contributed by atoms with van der Waals surface area (Å²) in [6, 6.07) is 5.91. The van der Waals surface area contributed by atoms with E-state index in [1.807, 2.05) is 6.92 Å². The maximum absolute atomic E-state index is 12.1. The first-order valence-electron chi connectivity index (χ1n) is 6.76. The van der Waals surface area contributed by atoms with Crippen LogP contribution >= 0.6 is 0 Å². The molecule has 22 heavy (non-hydrogen) atoms. The van der Waals surface area contributed by atoms with Crippen molar-refractivity contribution in [2.75, 3.05) is 13.2 Å². The molecular weight excluding hydrogens is 308 g/mol. The number of hydrogen-bond donors (Lipinski definition) is 5. The fourth-order valence-electron chi connectivity index (χ4n) is 1.90. The molecule has 1 aromatic carbocycles. The molecule has 1 amide bonds. The van der Waals surface area contributed by atoms with E-state index >= 15 is 0 Å². The van der Waals surface area contributed by atoms with E-state index in [2.05, 4.69) is 20.1 Å². The van der Waals surface area contributed by atoms with Gasteiger partial charge < -0.3 is 15.7 Å². The lowest BCUT2D eigenvalue weighted by molar-refractivity contribution is -0.116. The molecule has 5 N–H and O–H groups in total. The van der Waals surface area contributed by atoms with Crippen molar-refractivity contribution in [2.24, 2.45) is 0 Å². The number of rotatable bonds is 6. The first-order chi connectivity index (χ1) is 10.4. The van der Waals surface area contributed by atoms with Crippen molar-refractivity contribution < 1.29 is 18.3 Å². The Kier molecular flexibility index (Phi) is 4.88. The van der Waals surface area contributed by atoms with Crippen molar-refractivity contribution in [3.63, 3.8) is 0 Å². The van der Waals surface area contributed by atoms with Gasteiger partial charge in [-0.15, -0.1) is 0 Å². The number of phenolic OH excluding ortho intramolecular Hbond substituents is 1. The molecule has 9 heteroatoms. The average Bonchev–Trinajstić information content (AvgIpc) is 2.46. The third kappa shape index (κ3) is 3.89. The zero-order valence-electron chi connectivity index (χ0n) is 12.0. The highest BCUT2D eigenvalue weighted by atomic mass is 32.2. The maximum Gasteiger partial charge on any atom is 0.300 e. The van der Waals surface area contributed by atoms with Crippen LogP contribution in [0.15, 0.2) is 30.1 Å². The van der Waals surface area contributed by atoms with Gasteiger partial charge in [0.25, 0.3) is 16.1 Å². The highest BCUT2D eigenvalue weighted by molar-refractivity contribution is 7.87. The lowest BCUT2D eigenvalue weighted by Crippen LogP contribution is -2.48. The van der Waals surface area contributed by atoms with Gasteiger partial charge in [0.05, 0.1) is 12.2 Å². The van der Waals surface area contributed by atoms with Gasteiger partial charge >= 0.3 is 0 Å². The standard InChI is InChI=1S/C13H18N4O4S/c1-2-7-16-22(20,21)17-12-11(13(19)15-8-14-12)9-3-5-10(18)6-4-9/h3-6,14,16-18H,2,7-8H2,1H3,(H,15,19). The Morgan fingerprint density at radius 1 is 1.23 bits per heavy atom. The first kappa shape index (κ1) is 16.1. The van der Waals surface area contributed by atoms with Gasteiger partial charge in [0.1, 0.15) is 11.6 Å².